The number of nitrogens with one attached hydrogen (secondary N) is 2. The van der Waals surface area contributed by atoms with Gasteiger partial charge in [-0.2, -0.15) is 0 Å². The van der Waals surface area contributed by atoms with Crippen LogP contribution in [0.4, 0.5) is 8.78 Å². The highest BCUT2D eigenvalue weighted by molar-refractivity contribution is 6.31. The van der Waals surface area contributed by atoms with Crippen molar-refractivity contribution in [2.24, 2.45) is 11.1 Å². The number of rotatable bonds is 12. The van der Waals surface area contributed by atoms with Gasteiger partial charge < -0.3 is 31.7 Å². The van der Waals surface area contributed by atoms with Crippen molar-refractivity contribution < 1.29 is 28.9 Å². The fourth-order valence-electron chi connectivity index (χ4n) is 5.61. The fourth-order valence-corrected chi connectivity index (χ4v) is 5.96. The largest absolute Gasteiger partial charge is 0.396 e. The van der Waals surface area contributed by atoms with Crippen LogP contribution in [0.1, 0.15) is 56.6 Å². The number of aliphatic hydroxyl groups excluding tert-OH is 3. The van der Waals surface area contributed by atoms with Crippen LogP contribution >= 0.6 is 23.2 Å². The van der Waals surface area contributed by atoms with E-state index in [-0.39, 0.29) is 47.2 Å². The van der Waals surface area contributed by atoms with Crippen LogP contribution in [-0.4, -0.2) is 59.2 Å². The second-order valence-electron chi connectivity index (χ2n) is 10.4. The lowest BCUT2D eigenvalue weighted by Crippen LogP contribution is -2.53. The Morgan fingerprint density at radius 3 is 2.49 bits per heavy atom. The topological polar surface area (TPSA) is 128 Å². The summed E-state index contributed by atoms with van der Waals surface area (Å²) in [5.41, 5.74) is 4.99. The Labute approximate surface area is 237 Å². The van der Waals surface area contributed by atoms with Gasteiger partial charge in [0, 0.05) is 35.7 Å². The fraction of sp³-hybridized carbons (Fsp3) is 0.536. The van der Waals surface area contributed by atoms with Gasteiger partial charge in [-0.25, -0.2) is 8.78 Å². The zero-order chi connectivity index (χ0) is 29.0. The smallest absolute Gasteiger partial charge is 0.237 e. The van der Waals surface area contributed by atoms with Crippen molar-refractivity contribution >= 4 is 29.1 Å². The SMILES string of the molecule is CCC(CC)(CO)C[C@@H]1N[C@@H](C(=O)NCC[C@H](O)CO)[C@H](c2cccc(Cl)c2F)[C@@]1(N)c1ccc(Cl)cc1F. The van der Waals surface area contributed by atoms with Gasteiger partial charge in [-0.1, -0.05) is 55.2 Å². The molecule has 0 saturated carbocycles. The summed E-state index contributed by atoms with van der Waals surface area (Å²) in [6, 6.07) is 6.53. The van der Waals surface area contributed by atoms with E-state index in [2.05, 4.69) is 10.6 Å². The molecule has 0 aliphatic carbocycles. The van der Waals surface area contributed by atoms with Gasteiger partial charge in [-0.15, -0.1) is 0 Å². The molecule has 11 heteroatoms. The minimum absolute atomic E-state index is 0.0333. The van der Waals surface area contributed by atoms with E-state index < -0.39 is 59.2 Å². The van der Waals surface area contributed by atoms with Crippen molar-refractivity contribution in [2.75, 3.05) is 19.8 Å². The predicted octanol–water partition coefficient (Wildman–Crippen LogP) is 3.60. The number of aliphatic hydroxyl groups is 3. The van der Waals surface area contributed by atoms with E-state index in [4.69, 9.17) is 34.0 Å². The number of benzene rings is 2. The molecule has 0 spiro atoms. The average Bonchev–Trinajstić information content (AvgIpc) is 3.20. The van der Waals surface area contributed by atoms with Gasteiger partial charge >= 0.3 is 0 Å². The van der Waals surface area contributed by atoms with Crippen LogP contribution < -0.4 is 16.4 Å². The second kappa shape index (κ2) is 13.2. The van der Waals surface area contributed by atoms with Crippen LogP contribution in [0.2, 0.25) is 10.0 Å². The van der Waals surface area contributed by atoms with Crippen LogP contribution in [0.25, 0.3) is 0 Å². The highest BCUT2D eigenvalue weighted by Gasteiger charge is 2.59. The molecular formula is C28H37Cl2F2N3O4. The van der Waals surface area contributed by atoms with Gasteiger partial charge in [-0.05, 0) is 54.9 Å². The van der Waals surface area contributed by atoms with E-state index in [9.17, 15) is 15.0 Å². The van der Waals surface area contributed by atoms with Crippen LogP contribution in [0.3, 0.4) is 0 Å². The monoisotopic (exact) mass is 587 g/mol. The Bertz CT molecular complexity index is 1150. The summed E-state index contributed by atoms with van der Waals surface area (Å²) in [5.74, 6) is -3.15. The maximum atomic E-state index is 15.6. The zero-order valence-electron chi connectivity index (χ0n) is 22.1. The van der Waals surface area contributed by atoms with Gasteiger partial charge in [0.05, 0.1) is 29.3 Å². The van der Waals surface area contributed by atoms with Crippen molar-refractivity contribution in [1.29, 1.82) is 0 Å². The highest BCUT2D eigenvalue weighted by atomic mass is 35.5. The number of carbonyl (C=O) groups excluding carboxylic acids is 1. The molecule has 7 nitrogen and oxygen atoms in total. The molecule has 0 aromatic heterocycles. The Hall–Kier alpha value is -1.85. The zero-order valence-corrected chi connectivity index (χ0v) is 23.6. The summed E-state index contributed by atoms with van der Waals surface area (Å²) in [7, 11) is 0. The molecule has 2 aromatic carbocycles. The van der Waals surface area contributed by atoms with E-state index in [0.717, 1.165) is 6.07 Å². The summed E-state index contributed by atoms with van der Waals surface area (Å²) in [6.45, 7) is 3.27. The Morgan fingerprint density at radius 1 is 1.21 bits per heavy atom. The molecule has 216 valence electrons. The van der Waals surface area contributed by atoms with Gasteiger partial charge in [0.1, 0.15) is 11.6 Å². The molecule has 3 rings (SSSR count). The second-order valence-corrected chi connectivity index (χ2v) is 11.2. The molecule has 1 aliphatic heterocycles. The van der Waals surface area contributed by atoms with Crippen molar-refractivity contribution in [3.05, 3.63) is 69.2 Å². The molecule has 1 aliphatic rings. The first-order valence-electron chi connectivity index (χ1n) is 13.1. The van der Waals surface area contributed by atoms with Gasteiger partial charge in [0.15, 0.2) is 0 Å². The molecular weight excluding hydrogens is 551 g/mol. The maximum Gasteiger partial charge on any atom is 0.237 e. The van der Waals surface area contributed by atoms with E-state index in [1.54, 1.807) is 0 Å². The van der Waals surface area contributed by atoms with Crippen molar-refractivity contribution in [2.45, 2.75) is 69.2 Å². The van der Waals surface area contributed by atoms with Crippen molar-refractivity contribution in [3.8, 4) is 0 Å². The summed E-state index contributed by atoms with van der Waals surface area (Å²) in [4.78, 5) is 13.6. The molecule has 5 atom stereocenters. The quantitative estimate of drug-likeness (QED) is 0.225. The number of amides is 1. The third kappa shape index (κ3) is 6.40. The average molecular weight is 589 g/mol. The Kier molecular flexibility index (Phi) is 10.7. The summed E-state index contributed by atoms with van der Waals surface area (Å²) < 4.78 is 31.2. The highest BCUT2D eigenvalue weighted by Crippen LogP contribution is 2.50. The predicted molar refractivity (Wildman–Crippen MR) is 148 cm³/mol. The minimum Gasteiger partial charge on any atom is -0.396 e. The molecule has 0 bridgehead atoms. The van der Waals surface area contributed by atoms with Crippen LogP contribution in [-0.2, 0) is 10.3 Å². The van der Waals surface area contributed by atoms with Gasteiger partial charge in [0.25, 0.3) is 0 Å². The first-order valence-corrected chi connectivity index (χ1v) is 13.8. The number of hydrogen-bond donors (Lipinski definition) is 6. The molecule has 2 aromatic rings. The molecule has 39 heavy (non-hydrogen) atoms. The first kappa shape index (κ1) is 31.7. The number of halogens is 4. The Balaban J connectivity index is 2.21. The van der Waals surface area contributed by atoms with Crippen molar-refractivity contribution in [3.63, 3.8) is 0 Å². The molecule has 0 unspecified atom stereocenters. The van der Waals surface area contributed by atoms with E-state index >= 15 is 8.78 Å². The molecule has 1 heterocycles. The third-order valence-electron chi connectivity index (χ3n) is 8.26. The number of nitrogens with two attached hydrogens (primary N) is 1. The molecule has 1 saturated heterocycles. The third-order valence-corrected chi connectivity index (χ3v) is 8.79. The Morgan fingerprint density at radius 2 is 1.90 bits per heavy atom. The molecule has 0 radical (unpaired) electrons. The van der Waals surface area contributed by atoms with Gasteiger partial charge in [0.2, 0.25) is 5.91 Å². The molecule has 7 N–H and O–H groups in total. The van der Waals surface area contributed by atoms with Crippen LogP contribution in [0, 0.1) is 17.0 Å². The lowest BCUT2D eigenvalue weighted by Gasteiger charge is -2.41. The summed E-state index contributed by atoms with van der Waals surface area (Å²) in [5, 5.41) is 35.1. The number of carbonyl (C=O) groups is 1. The summed E-state index contributed by atoms with van der Waals surface area (Å²) in [6.07, 6.45) is 0.507. The van der Waals surface area contributed by atoms with E-state index in [0.29, 0.717) is 12.8 Å². The standard InChI is InChI=1S/C28H37Cl2F2N3O4/c1-3-27(4-2,15-37)13-22-28(33,19-9-8-16(29)12-21(19)31)23(18-6-5-7-20(30)24(18)32)25(35-22)26(39)34-11-10-17(38)14-36/h5-9,12,17,22-23,25,35-38H,3-4,10-11,13-15,33H2,1-2H3,(H,34,39)/t17-,22-,23-,25+,28+/m0/s1. The first-order chi connectivity index (χ1) is 18.5. The number of hydrogen-bond acceptors (Lipinski definition) is 6. The van der Waals surface area contributed by atoms with Crippen LogP contribution in [0.5, 0.6) is 0 Å². The molecule has 1 fully saturated rings. The van der Waals surface area contributed by atoms with E-state index in [1.807, 2.05) is 13.8 Å². The lowest BCUT2D eigenvalue weighted by atomic mass is 9.66. The molecule has 1 amide bonds. The maximum absolute atomic E-state index is 15.6. The minimum atomic E-state index is -1.67. The van der Waals surface area contributed by atoms with Crippen LogP contribution in [0.15, 0.2) is 36.4 Å². The van der Waals surface area contributed by atoms with E-state index in [1.165, 1.54) is 30.3 Å². The normalized spacial score (nSPS) is 24.1. The lowest BCUT2D eigenvalue weighted by molar-refractivity contribution is -0.123. The van der Waals surface area contributed by atoms with Gasteiger partial charge in [-0.3, -0.25) is 4.79 Å². The van der Waals surface area contributed by atoms with Crippen molar-refractivity contribution in [1.82, 2.24) is 10.6 Å². The summed E-state index contributed by atoms with van der Waals surface area (Å²) >= 11 is 12.2.